The summed E-state index contributed by atoms with van der Waals surface area (Å²) in [4.78, 5) is 2.47. The van der Waals surface area contributed by atoms with Crippen LogP contribution in [-0.2, 0) is 6.54 Å². The van der Waals surface area contributed by atoms with E-state index in [0.29, 0.717) is 12.0 Å². The van der Waals surface area contributed by atoms with Crippen molar-refractivity contribution in [3.8, 4) is 17.0 Å². The highest BCUT2D eigenvalue weighted by atomic mass is 16.5. The van der Waals surface area contributed by atoms with Gasteiger partial charge in [0.05, 0.1) is 25.0 Å². The van der Waals surface area contributed by atoms with Gasteiger partial charge < -0.3 is 9.26 Å². The normalized spacial score (nSPS) is 17.7. The molecule has 0 spiro atoms. The van der Waals surface area contributed by atoms with Gasteiger partial charge in [-0.25, -0.2) is 0 Å². The highest BCUT2D eigenvalue weighted by Gasteiger charge is 2.30. The fourth-order valence-corrected chi connectivity index (χ4v) is 3.76. The second-order valence-electron chi connectivity index (χ2n) is 7.44. The molecule has 0 amide bonds. The first-order valence-electron chi connectivity index (χ1n) is 9.53. The number of hydrogen-bond donors (Lipinski definition) is 1. The van der Waals surface area contributed by atoms with Gasteiger partial charge in [-0.2, -0.15) is 5.10 Å². The third kappa shape index (κ3) is 3.62. The highest BCUT2D eigenvalue weighted by Crippen LogP contribution is 2.35. The highest BCUT2D eigenvalue weighted by molar-refractivity contribution is 5.64. The molecule has 1 aliphatic rings. The van der Waals surface area contributed by atoms with Crippen LogP contribution in [-0.4, -0.2) is 33.9 Å². The van der Waals surface area contributed by atoms with Crippen LogP contribution in [0.3, 0.4) is 0 Å². The number of nitrogens with zero attached hydrogens (tertiary/aromatic N) is 3. The van der Waals surface area contributed by atoms with Gasteiger partial charge in [0, 0.05) is 29.7 Å². The number of hydrogen-bond acceptors (Lipinski definition) is 5. The fraction of sp³-hybridized carbons (Fsp3) is 0.429. The molecule has 0 bridgehead atoms. The molecule has 1 N–H and O–H groups in total. The van der Waals surface area contributed by atoms with Crippen molar-refractivity contribution in [2.45, 2.75) is 45.2 Å². The van der Waals surface area contributed by atoms with Crippen molar-refractivity contribution in [2.24, 2.45) is 0 Å². The van der Waals surface area contributed by atoms with Crippen molar-refractivity contribution in [3.63, 3.8) is 0 Å². The number of aromatic amines is 1. The van der Waals surface area contributed by atoms with Gasteiger partial charge in [-0.15, -0.1) is 0 Å². The van der Waals surface area contributed by atoms with Crippen LogP contribution in [0.5, 0.6) is 5.75 Å². The Morgan fingerprint density at radius 2 is 2.22 bits per heavy atom. The average molecular weight is 366 g/mol. The summed E-state index contributed by atoms with van der Waals surface area (Å²) in [5, 5.41) is 11.8. The van der Waals surface area contributed by atoms with Crippen LogP contribution in [0.25, 0.3) is 11.3 Å². The van der Waals surface area contributed by atoms with Gasteiger partial charge in [0.25, 0.3) is 0 Å². The molecule has 0 aliphatic carbocycles. The molecule has 3 heterocycles. The minimum Gasteiger partial charge on any atom is -0.497 e. The lowest BCUT2D eigenvalue weighted by Gasteiger charge is -2.22. The predicted molar refractivity (Wildman–Crippen MR) is 104 cm³/mol. The summed E-state index contributed by atoms with van der Waals surface area (Å²) in [6.07, 6.45) is 4.20. The maximum absolute atomic E-state index is 5.53. The number of likely N-dealkylation sites (tertiary alicyclic amines) is 1. The minimum atomic E-state index is 0.300. The molecular weight excluding hydrogens is 340 g/mol. The van der Waals surface area contributed by atoms with Crippen molar-refractivity contribution in [2.75, 3.05) is 13.7 Å². The SMILES string of the molecule is COc1cccc(-c2[nH]ncc2CN2CCCC2c2cc(C(C)C)on2)c1. The van der Waals surface area contributed by atoms with Crippen LogP contribution in [0, 0.1) is 0 Å². The lowest BCUT2D eigenvalue weighted by atomic mass is 10.1. The first-order chi connectivity index (χ1) is 13.2. The van der Waals surface area contributed by atoms with E-state index in [1.165, 1.54) is 12.0 Å². The number of ether oxygens (including phenoxy) is 1. The lowest BCUT2D eigenvalue weighted by molar-refractivity contribution is 0.236. The van der Waals surface area contributed by atoms with Gasteiger partial charge in [-0.05, 0) is 31.5 Å². The summed E-state index contributed by atoms with van der Waals surface area (Å²) in [7, 11) is 1.69. The van der Waals surface area contributed by atoms with Crippen LogP contribution in [0.4, 0.5) is 0 Å². The van der Waals surface area contributed by atoms with E-state index in [2.05, 4.69) is 46.2 Å². The molecule has 0 saturated carbocycles. The van der Waals surface area contributed by atoms with Crippen molar-refractivity contribution in [1.82, 2.24) is 20.3 Å². The monoisotopic (exact) mass is 366 g/mol. The molecule has 2 aromatic heterocycles. The topological polar surface area (TPSA) is 67.2 Å². The molecule has 1 unspecified atom stereocenters. The van der Waals surface area contributed by atoms with Gasteiger partial charge in [-0.1, -0.05) is 31.1 Å². The van der Waals surface area contributed by atoms with Gasteiger partial charge in [0.15, 0.2) is 0 Å². The molecule has 27 heavy (non-hydrogen) atoms. The molecule has 6 heteroatoms. The molecule has 1 atom stereocenters. The second kappa shape index (κ2) is 7.56. The molecule has 1 aromatic carbocycles. The zero-order valence-electron chi connectivity index (χ0n) is 16.1. The molecule has 4 rings (SSSR count). The summed E-state index contributed by atoms with van der Waals surface area (Å²) in [5.74, 6) is 2.16. The van der Waals surface area contributed by atoms with Crippen LogP contribution < -0.4 is 4.74 Å². The van der Waals surface area contributed by atoms with E-state index in [9.17, 15) is 0 Å². The number of aromatic nitrogens is 3. The van der Waals surface area contributed by atoms with Crippen molar-refractivity contribution in [3.05, 3.63) is 53.5 Å². The Bertz CT molecular complexity index is 899. The fourth-order valence-electron chi connectivity index (χ4n) is 3.76. The van der Waals surface area contributed by atoms with E-state index in [4.69, 9.17) is 9.26 Å². The van der Waals surface area contributed by atoms with E-state index >= 15 is 0 Å². The quantitative estimate of drug-likeness (QED) is 0.694. The molecule has 1 aliphatic heterocycles. The number of H-pyrrole nitrogens is 1. The van der Waals surface area contributed by atoms with Gasteiger partial charge >= 0.3 is 0 Å². The Labute approximate surface area is 159 Å². The Kier molecular flexibility index (Phi) is 4.99. The zero-order valence-corrected chi connectivity index (χ0v) is 16.1. The largest absolute Gasteiger partial charge is 0.497 e. The lowest BCUT2D eigenvalue weighted by Crippen LogP contribution is -2.23. The van der Waals surface area contributed by atoms with Gasteiger partial charge in [-0.3, -0.25) is 10.00 Å². The van der Waals surface area contributed by atoms with Crippen LogP contribution >= 0.6 is 0 Å². The summed E-state index contributed by atoms with van der Waals surface area (Å²) < 4.78 is 10.9. The van der Waals surface area contributed by atoms with Crippen molar-refractivity contribution < 1.29 is 9.26 Å². The molecule has 1 fully saturated rings. The first-order valence-corrected chi connectivity index (χ1v) is 9.53. The maximum Gasteiger partial charge on any atom is 0.139 e. The summed E-state index contributed by atoms with van der Waals surface area (Å²) >= 11 is 0. The number of nitrogens with one attached hydrogen (secondary N) is 1. The predicted octanol–water partition coefficient (Wildman–Crippen LogP) is 4.53. The summed E-state index contributed by atoms with van der Waals surface area (Å²) in [6.45, 7) is 6.14. The standard InChI is InChI=1S/C21H26N4O2/c1-14(2)20-11-18(24-27-20)19-8-5-9-25(19)13-16-12-22-23-21(16)15-6-4-7-17(10-15)26-3/h4,6-7,10-12,14,19H,5,8-9,13H2,1-3H3,(H,22,23). The van der Waals surface area contributed by atoms with Crippen LogP contribution in [0.2, 0.25) is 0 Å². The number of methoxy groups -OCH3 is 1. The Hall–Kier alpha value is -2.60. The van der Waals surface area contributed by atoms with E-state index in [1.807, 2.05) is 24.4 Å². The van der Waals surface area contributed by atoms with E-state index < -0.39 is 0 Å². The molecule has 6 nitrogen and oxygen atoms in total. The summed E-state index contributed by atoms with van der Waals surface area (Å²) in [5.41, 5.74) is 4.36. The Balaban J connectivity index is 1.56. The second-order valence-corrected chi connectivity index (χ2v) is 7.44. The third-order valence-corrected chi connectivity index (χ3v) is 5.27. The summed E-state index contributed by atoms with van der Waals surface area (Å²) in [6, 6.07) is 10.5. The molecule has 142 valence electrons. The van der Waals surface area contributed by atoms with E-state index in [-0.39, 0.29) is 0 Å². The van der Waals surface area contributed by atoms with Crippen LogP contribution in [0.15, 0.2) is 41.1 Å². The zero-order chi connectivity index (χ0) is 18.8. The minimum absolute atomic E-state index is 0.300. The average Bonchev–Trinajstić information content (AvgIpc) is 3.42. The van der Waals surface area contributed by atoms with Crippen molar-refractivity contribution >= 4 is 0 Å². The van der Waals surface area contributed by atoms with E-state index in [0.717, 1.165) is 48.0 Å². The van der Waals surface area contributed by atoms with Crippen molar-refractivity contribution in [1.29, 1.82) is 0 Å². The Morgan fingerprint density at radius 1 is 1.33 bits per heavy atom. The smallest absolute Gasteiger partial charge is 0.139 e. The van der Waals surface area contributed by atoms with Gasteiger partial charge in [0.2, 0.25) is 0 Å². The van der Waals surface area contributed by atoms with E-state index in [1.54, 1.807) is 7.11 Å². The first kappa shape index (κ1) is 17.8. The molecule has 1 saturated heterocycles. The molecule has 3 aromatic rings. The Morgan fingerprint density at radius 3 is 3.00 bits per heavy atom. The number of benzene rings is 1. The molecule has 0 radical (unpaired) electrons. The van der Waals surface area contributed by atoms with Crippen LogP contribution in [0.1, 0.15) is 55.7 Å². The number of rotatable bonds is 6. The third-order valence-electron chi connectivity index (χ3n) is 5.27. The molecular formula is C21H26N4O2. The maximum atomic E-state index is 5.53. The van der Waals surface area contributed by atoms with Gasteiger partial charge in [0.1, 0.15) is 17.2 Å².